The topological polar surface area (TPSA) is 52.6 Å². The van der Waals surface area contributed by atoms with Gasteiger partial charge in [0.1, 0.15) is 0 Å². The Hall–Kier alpha value is -0.610. The number of hydrogen-bond acceptors (Lipinski definition) is 3. The lowest BCUT2D eigenvalue weighted by molar-refractivity contribution is -0.130. The van der Waals surface area contributed by atoms with Gasteiger partial charge in [-0.2, -0.15) is 0 Å². The number of aliphatic hydroxyl groups is 1. The zero-order valence-corrected chi connectivity index (χ0v) is 8.99. The zero-order chi connectivity index (χ0) is 10.6. The van der Waals surface area contributed by atoms with E-state index in [2.05, 4.69) is 5.32 Å². The summed E-state index contributed by atoms with van der Waals surface area (Å²) >= 11 is 0. The molecule has 14 heavy (non-hydrogen) atoms. The third kappa shape index (κ3) is 2.69. The fourth-order valence-electron chi connectivity index (χ4n) is 1.74. The summed E-state index contributed by atoms with van der Waals surface area (Å²) in [6, 6.07) is -0.0240. The molecular weight excluding hydrogens is 180 g/mol. The number of nitrogens with zero attached hydrogens (tertiary/aromatic N) is 1. The van der Waals surface area contributed by atoms with Crippen LogP contribution in [0.1, 0.15) is 26.7 Å². The maximum atomic E-state index is 11.7. The van der Waals surface area contributed by atoms with Gasteiger partial charge in [0.25, 0.3) is 0 Å². The van der Waals surface area contributed by atoms with Gasteiger partial charge in [-0.05, 0) is 19.4 Å². The Morgan fingerprint density at radius 2 is 2.36 bits per heavy atom. The fraction of sp³-hybridized carbons (Fsp3) is 0.900. The average molecular weight is 200 g/mol. The lowest BCUT2D eigenvalue weighted by Gasteiger charge is -2.19. The van der Waals surface area contributed by atoms with Gasteiger partial charge in [-0.3, -0.25) is 4.79 Å². The van der Waals surface area contributed by atoms with E-state index in [4.69, 9.17) is 0 Å². The molecule has 2 unspecified atom stereocenters. The van der Waals surface area contributed by atoms with Gasteiger partial charge in [0, 0.05) is 13.1 Å². The summed E-state index contributed by atoms with van der Waals surface area (Å²) in [5, 5.41) is 12.6. The van der Waals surface area contributed by atoms with Crippen LogP contribution in [0.4, 0.5) is 0 Å². The lowest BCUT2D eigenvalue weighted by Crippen LogP contribution is -2.40. The Morgan fingerprint density at radius 3 is 2.93 bits per heavy atom. The molecule has 1 heterocycles. The fourth-order valence-corrected chi connectivity index (χ4v) is 1.74. The second kappa shape index (κ2) is 5.32. The highest BCUT2D eigenvalue weighted by Gasteiger charge is 2.31. The predicted molar refractivity (Wildman–Crippen MR) is 55.0 cm³/mol. The Kier molecular flexibility index (Phi) is 4.35. The van der Waals surface area contributed by atoms with Crippen LogP contribution in [0.2, 0.25) is 0 Å². The molecule has 82 valence electrons. The minimum absolute atomic E-state index is 0.0240. The van der Waals surface area contributed by atoms with Gasteiger partial charge in [0.05, 0.1) is 12.1 Å². The molecule has 0 spiro atoms. The molecule has 0 saturated carbocycles. The molecule has 0 aromatic heterocycles. The van der Waals surface area contributed by atoms with Crippen LogP contribution in [0, 0.1) is 0 Å². The maximum absolute atomic E-state index is 11.7. The molecule has 1 saturated heterocycles. The van der Waals surface area contributed by atoms with Crippen LogP contribution < -0.4 is 5.32 Å². The summed E-state index contributed by atoms with van der Waals surface area (Å²) in [6.45, 7) is 6.00. The number of aliphatic hydroxyl groups excluding tert-OH is 1. The molecule has 0 aromatic carbocycles. The lowest BCUT2D eigenvalue weighted by atomic mass is 10.2. The molecule has 4 heteroatoms. The van der Waals surface area contributed by atoms with Crippen molar-refractivity contribution in [2.75, 3.05) is 19.6 Å². The second-order valence-corrected chi connectivity index (χ2v) is 3.75. The summed E-state index contributed by atoms with van der Waals surface area (Å²) in [6.07, 6.45) is 1.19. The second-order valence-electron chi connectivity index (χ2n) is 3.75. The van der Waals surface area contributed by atoms with E-state index in [1.165, 1.54) is 0 Å². The third-order valence-electron chi connectivity index (χ3n) is 2.65. The smallest absolute Gasteiger partial charge is 0.239 e. The molecule has 2 atom stereocenters. The minimum atomic E-state index is -0.376. The molecule has 0 aromatic rings. The van der Waals surface area contributed by atoms with E-state index >= 15 is 0 Å². The Balaban J connectivity index is 2.39. The monoisotopic (exact) mass is 200 g/mol. The zero-order valence-electron chi connectivity index (χ0n) is 8.99. The molecule has 1 aliphatic rings. The van der Waals surface area contributed by atoms with Crippen molar-refractivity contribution in [1.29, 1.82) is 0 Å². The summed E-state index contributed by atoms with van der Waals surface area (Å²) in [5.41, 5.74) is 0. The molecule has 0 aliphatic carbocycles. The minimum Gasteiger partial charge on any atom is -0.391 e. The molecule has 0 bridgehead atoms. The first-order chi connectivity index (χ1) is 6.69. The Bertz CT molecular complexity index is 197. The number of carbonyl (C=O) groups excluding carboxylic acids is 1. The molecular formula is C10H20N2O2. The van der Waals surface area contributed by atoms with Crippen molar-refractivity contribution in [3.63, 3.8) is 0 Å². The molecule has 4 nitrogen and oxygen atoms in total. The molecule has 1 amide bonds. The van der Waals surface area contributed by atoms with Crippen molar-refractivity contribution in [1.82, 2.24) is 10.2 Å². The van der Waals surface area contributed by atoms with Gasteiger partial charge in [-0.15, -0.1) is 0 Å². The first-order valence-corrected chi connectivity index (χ1v) is 5.39. The highest BCUT2D eigenvalue weighted by molar-refractivity contribution is 5.83. The highest BCUT2D eigenvalue weighted by atomic mass is 16.3. The maximum Gasteiger partial charge on any atom is 0.239 e. The van der Waals surface area contributed by atoms with E-state index in [9.17, 15) is 9.90 Å². The third-order valence-corrected chi connectivity index (χ3v) is 2.65. The number of carbonyl (C=O) groups is 1. The summed E-state index contributed by atoms with van der Waals surface area (Å²) < 4.78 is 0. The predicted octanol–water partition coefficient (Wildman–Crippen LogP) is -0.0323. The largest absolute Gasteiger partial charge is 0.391 e. The van der Waals surface area contributed by atoms with Crippen molar-refractivity contribution in [2.45, 2.75) is 38.8 Å². The van der Waals surface area contributed by atoms with E-state index in [1.807, 2.05) is 13.8 Å². The average Bonchev–Trinajstić information content (AvgIpc) is 2.50. The number of likely N-dealkylation sites (N-methyl/N-ethyl adjacent to an activating group) is 1. The summed E-state index contributed by atoms with van der Waals surface area (Å²) in [5.74, 6) is 0.138. The summed E-state index contributed by atoms with van der Waals surface area (Å²) in [7, 11) is 0. The Morgan fingerprint density at radius 1 is 1.64 bits per heavy atom. The number of amides is 1. The van der Waals surface area contributed by atoms with Gasteiger partial charge in [0.15, 0.2) is 0 Å². The first-order valence-electron chi connectivity index (χ1n) is 5.39. The van der Waals surface area contributed by atoms with E-state index in [0.717, 1.165) is 19.5 Å². The number of likely N-dealkylation sites (tertiary alicyclic amines) is 1. The first kappa shape index (κ1) is 11.5. The number of hydrogen-bond donors (Lipinski definition) is 2. The quantitative estimate of drug-likeness (QED) is 0.655. The molecule has 1 fully saturated rings. The van der Waals surface area contributed by atoms with Crippen molar-refractivity contribution < 1.29 is 9.90 Å². The van der Waals surface area contributed by atoms with Gasteiger partial charge < -0.3 is 15.3 Å². The van der Waals surface area contributed by atoms with Gasteiger partial charge in [0.2, 0.25) is 5.91 Å². The van der Waals surface area contributed by atoms with Crippen molar-refractivity contribution in [3.05, 3.63) is 0 Å². The van der Waals surface area contributed by atoms with Crippen LogP contribution in [0.3, 0.4) is 0 Å². The number of rotatable bonds is 5. The summed E-state index contributed by atoms with van der Waals surface area (Å²) in [4.78, 5) is 13.5. The van der Waals surface area contributed by atoms with Gasteiger partial charge in [-0.1, -0.05) is 13.8 Å². The standard InChI is InChI=1S/C10H20N2O2/c1-3-8(13)7-12-6-5-9(10(12)14)11-4-2/h8-9,11,13H,3-7H2,1-2H3. The van der Waals surface area contributed by atoms with Crippen LogP contribution >= 0.6 is 0 Å². The van der Waals surface area contributed by atoms with Crippen molar-refractivity contribution >= 4 is 5.91 Å². The molecule has 0 radical (unpaired) electrons. The van der Waals surface area contributed by atoms with Gasteiger partial charge in [-0.25, -0.2) is 0 Å². The Labute approximate surface area is 85.3 Å². The SMILES string of the molecule is CCNC1CCN(CC(O)CC)C1=O. The number of nitrogens with one attached hydrogen (secondary N) is 1. The normalized spacial score (nSPS) is 24.4. The van der Waals surface area contributed by atoms with E-state index in [0.29, 0.717) is 13.0 Å². The molecule has 1 aliphatic heterocycles. The van der Waals surface area contributed by atoms with Crippen LogP contribution in [0.5, 0.6) is 0 Å². The number of β-amino-alcohol motifs (C(OH)–C–C–N with tert-alkyl or cyclic N) is 1. The van der Waals surface area contributed by atoms with Gasteiger partial charge >= 0.3 is 0 Å². The van der Waals surface area contributed by atoms with E-state index in [1.54, 1.807) is 4.90 Å². The van der Waals surface area contributed by atoms with Crippen molar-refractivity contribution in [3.8, 4) is 0 Å². The van der Waals surface area contributed by atoms with Crippen LogP contribution in [0.25, 0.3) is 0 Å². The van der Waals surface area contributed by atoms with Crippen LogP contribution in [-0.4, -0.2) is 47.7 Å². The highest BCUT2D eigenvalue weighted by Crippen LogP contribution is 2.11. The van der Waals surface area contributed by atoms with E-state index in [-0.39, 0.29) is 18.1 Å². The van der Waals surface area contributed by atoms with E-state index < -0.39 is 0 Å². The van der Waals surface area contributed by atoms with Crippen LogP contribution in [-0.2, 0) is 4.79 Å². The van der Waals surface area contributed by atoms with Crippen molar-refractivity contribution in [2.24, 2.45) is 0 Å². The molecule has 1 rings (SSSR count). The van der Waals surface area contributed by atoms with Crippen LogP contribution in [0.15, 0.2) is 0 Å². The molecule has 2 N–H and O–H groups in total.